The number of benzene rings is 1. The van der Waals surface area contributed by atoms with Crippen LogP contribution >= 0.6 is 0 Å². The first-order chi connectivity index (χ1) is 28.3. The van der Waals surface area contributed by atoms with Crippen LogP contribution in [-0.2, 0) is 40.4 Å². The lowest BCUT2D eigenvalue weighted by atomic mass is 9.70. The highest BCUT2D eigenvalue weighted by molar-refractivity contribution is 7.92. The first kappa shape index (κ1) is 45.7. The lowest BCUT2D eigenvalue weighted by Crippen LogP contribution is -2.65. The highest BCUT2D eigenvalue weighted by atomic mass is 32.2. The second-order valence-corrected chi connectivity index (χ2v) is 22.9. The number of hydrogen-bond donors (Lipinski definition) is 4. The van der Waals surface area contributed by atoms with Crippen LogP contribution in [0, 0.1) is 28.6 Å². The number of piperidine rings is 1. The maximum absolute atomic E-state index is 15.3. The molecule has 0 bridgehead atoms. The van der Waals surface area contributed by atoms with Crippen molar-refractivity contribution in [2.45, 2.75) is 153 Å². The lowest BCUT2D eigenvalue weighted by molar-refractivity contribution is -0.146. The molecule has 5 fully saturated rings. The molecule has 3 unspecified atom stereocenters. The number of fused-ring (bicyclic) bond motifs is 1. The number of nitrogens with one attached hydrogen (secondary N) is 4. The van der Waals surface area contributed by atoms with E-state index in [0.29, 0.717) is 45.3 Å². The third-order valence-corrected chi connectivity index (χ3v) is 17.2. The molecule has 6 rings (SSSR count). The third-order valence-electron chi connectivity index (χ3n) is 14.4. The quantitative estimate of drug-likeness (QED) is 0.112. The number of urea groups is 1. The Morgan fingerprint density at radius 2 is 1.57 bits per heavy atom. The molecule has 6 atom stereocenters. The molecule has 1 aromatic carbocycles. The largest absolute Gasteiger partial charge is 0.376 e. The normalized spacial score (nSPS) is 26.8. The van der Waals surface area contributed by atoms with Crippen LogP contribution < -0.4 is 21.3 Å². The number of sulfone groups is 1. The zero-order valence-electron chi connectivity index (χ0n) is 36.5. The molecule has 14 heteroatoms. The zero-order valence-corrected chi connectivity index (χ0v) is 37.3. The topological polar surface area (TPSA) is 180 Å². The average molecular weight is 852 g/mol. The van der Waals surface area contributed by atoms with Crippen molar-refractivity contribution in [3.8, 4) is 0 Å². The van der Waals surface area contributed by atoms with Crippen LogP contribution in [0.3, 0.4) is 0 Å². The van der Waals surface area contributed by atoms with E-state index < -0.39 is 72.7 Å². The van der Waals surface area contributed by atoms with E-state index in [2.05, 4.69) is 34.8 Å². The van der Waals surface area contributed by atoms with Crippen LogP contribution in [0.5, 0.6) is 0 Å². The lowest BCUT2D eigenvalue weighted by Gasteiger charge is -2.44. The molecule has 1 aliphatic heterocycles. The molecular formula is C46H69N5O8S. The summed E-state index contributed by atoms with van der Waals surface area (Å²) >= 11 is 0. The molecule has 1 aromatic rings. The van der Waals surface area contributed by atoms with Crippen molar-refractivity contribution >= 4 is 39.4 Å². The molecule has 332 valence electrons. The van der Waals surface area contributed by atoms with Gasteiger partial charge in [-0.3, -0.25) is 19.2 Å². The molecule has 60 heavy (non-hydrogen) atoms. The van der Waals surface area contributed by atoms with Crippen molar-refractivity contribution in [3.05, 3.63) is 48.6 Å². The van der Waals surface area contributed by atoms with E-state index in [0.717, 1.165) is 56.9 Å². The van der Waals surface area contributed by atoms with E-state index in [1.54, 1.807) is 25.7 Å². The fourth-order valence-electron chi connectivity index (χ4n) is 10.3. The Hall–Kier alpha value is -3.78. The minimum absolute atomic E-state index is 0.0804. The molecule has 4 N–H and O–H groups in total. The summed E-state index contributed by atoms with van der Waals surface area (Å²) in [7, 11) is -3.60. The molecule has 0 aromatic heterocycles. The van der Waals surface area contributed by atoms with Gasteiger partial charge in [0, 0.05) is 24.4 Å². The van der Waals surface area contributed by atoms with E-state index in [1.807, 2.05) is 37.3 Å². The summed E-state index contributed by atoms with van der Waals surface area (Å²) in [4.78, 5) is 72.4. The molecule has 4 saturated carbocycles. The van der Waals surface area contributed by atoms with Gasteiger partial charge in [-0.2, -0.15) is 0 Å². The Labute approximate surface area is 357 Å². The maximum Gasteiger partial charge on any atom is 0.315 e. The summed E-state index contributed by atoms with van der Waals surface area (Å²) in [5.74, 6) is -2.75. The van der Waals surface area contributed by atoms with Gasteiger partial charge in [-0.1, -0.05) is 102 Å². The molecule has 0 spiro atoms. The predicted octanol–water partition coefficient (Wildman–Crippen LogP) is 5.38. The number of amides is 5. The van der Waals surface area contributed by atoms with Gasteiger partial charge in [0.25, 0.3) is 5.91 Å². The number of ketones is 1. The third kappa shape index (κ3) is 10.3. The summed E-state index contributed by atoms with van der Waals surface area (Å²) in [6, 6.07) is 6.21. The van der Waals surface area contributed by atoms with Crippen LogP contribution in [0.25, 0.3) is 0 Å². The minimum atomic E-state index is -3.60. The van der Waals surface area contributed by atoms with E-state index >= 15 is 4.79 Å². The van der Waals surface area contributed by atoms with Gasteiger partial charge in [0.05, 0.1) is 35.3 Å². The van der Waals surface area contributed by atoms with Crippen LogP contribution in [0.4, 0.5) is 4.79 Å². The minimum Gasteiger partial charge on any atom is -0.376 e. The summed E-state index contributed by atoms with van der Waals surface area (Å²) in [6.07, 6.45) is 11.3. The molecule has 5 aliphatic rings. The van der Waals surface area contributed by atoms with Gasteiger partial charge in [0.2, 0.25) is 17.6 Å². The Bertz CT molecular complexity index is 1870. The Balaban J connectivity index is 1.28. The number of hydrogen-bond acceptors (Lipinski definition) is 8. The van der Waals surface area contributed by atoms with Crippen molar-refractivity contribution in [2.75, 3.05) is 25.4 Å². The predicted molar refractivity (Wildman–Crippen MR) is 230 cm³/mol. The molecule has 0 radical (unpaired) electrons. The maximum atomic E-state index is 15.3. The van der Waals surface area contributed by atoms with Crippen molar-refractivity contribution in [1.29, 1.82) is 0 Å². The molecule has 13 nitrogen and oxygen atoms in total. The van der Waals surface area contributed by atoms with Crippen molar-refractivity contribution in [1.82, 2.24) is 26.2 Å². The highest BCUT2D eigenvalue weighted by Gasteiger charge is 2.72. The van der Waals surface area contributed by atoms with Crippen LogP contribution in [0.15, 0.2) is 43.0 Å². The van der Waals surface area contributed by atoms with E-state index in [9.17, 15) is 27.6 Å². The van der Waals surface area contributed by atoms with Crippen LogP contribution in [-0.4, -0.2) is 96.7 Å². The zero-order chi connectivity index (χ0) is 43.5. The van der Waals surface area contributed by atoms with Gasteiger partial charge < -0.3 is 30.9 Å². The standard InChI is InChI=1S/C46H69N5O8S/c1-7-25-47-40(54)37(52)34(26-31-19-20-31)48-39(53)36-35-33(45(35,6)29-59-28-32-17-11-8-12-18-32)27-51(36)41(55)38(44(5)21-13-9-14-22-44)49-42(56)50-46(23-15-10-16-24-46)30-60(57,58)43(2,3)4/h7-8,11-12,17-18,31,33-36,38H,1,9-10,13-16,19-30H2,2-6H3,(H,47,54)(H,48,53)(H2,49,50,56)/t33?,34?,35-,36-,38+,45?/m0/s1. The highest BCUT2D eigenvalue weighted by Crippen LogP contribution is 2.65. The Morgan fingerprint density at radius 1 is 0.933 bits per heavy atom. The van der Waals surface area contributed by atoms with Crippen molar-refractivity contribution < 1.29 is 37.1 Å². The average Bonchev–Trinajstić information content (AvgIpc) is 4.07. The second kappa shape index (κ2) is 18.3. The summed E-state index contributed by atoms with van der Waals surface area (Å²) < 4.78 is 32.4. The van der Waals surface area contributed by atoms with Crippen molar-refractivity contribution in [2.24, 2.45) is 28.6 Å². The second-order valence-electron chi connectivity index (χ2n) is 20.1. The number of nitrogens with zero attached hydrogens (tertiary/aromatic N) is 1. The molecule has 4 aliphatic carbocycles. The van der Waals surface area contributed by atoms with Gasteiger partial charge in [0.1, 0.15) is 12.1 Å². The van der Waals surface area contributed by atoms with E-state index in [1.165, 1.54) is 6.08 Å². The fourth-order valence-corrected chi connectivity index (χ4v) is 11.8. The number of carbonyl (C=O) groups is 5. The van der Waals surface area contributed by atoms with Gasteiger partial charge in [-0.15, -0.1) is 6.58 Å². The molecular weight excluding hydrogens is 783 g/mol. The monoisotopic (exact) mass is 851 g/mol. The Morgan fingerprint density at radius 3 is 2.17 bits per heavy atom. The van der Waals surface area contributed by atoms with Gasteiger partial charge in [-0.05, 0) is 75.7 Å². The molecule has 1 saturated heterocycles. The summed E-state index contributed by atoms with van der Waals surface area (Å²) in [5.41, 5.74) is -1.03. The fraction of sp³-hybridized carbons (Fsp3) is 0.717. The van der Waals surface area contributed by atoms with Crippen LogP contribution in [0.1, 0.15) is 124 Å². The summed E-state index contributed by atoms with van der Waals surface area (Å²) in [5, 5.41) is 11.7. The van der Waals surface area contributed by atoms with Gasteiger partial charge in [0.15, 0.2) is 9.84 Å². The van der Waals surface area contributed by atoms with Gasteiger partial charge in [-0.25, -0.2) is 13.2 Å². The number of rotatable bonds is 18. The molecule has 1 heterocycles. The first-order valence-corrected chi connectivity index (χ1v) is 23.9. The number of Topliss-reactive ketones (excluding diaryl/α,β-unsaturated/α-hetero) is 1. The molecule has 5 amide bonds. The Kier molecular flexibility index (Phi) is 13.9. The number of carbonyl (C=O) groups excluding carboxylic acids is 5. The number of ether oxygens (including phenoxy) is 1. The van der Waals surface area contributed by atoms with Gasteiger partial charge >= 0.3 is 6.03 Å². The van der Waals surface area contributed by atoms with E-state index in [4.69, 9.17) is 4.74 Å². The summed E-state index contributed by atoms with van der Waals surface area (Å²) in [6.45, 7) is 13.9. The van der Waals surface area contributed by atoms with Crippen molar-refractivity contribution in [3.63, 3.8) is 0 Å². The van der Waals surface area contributed by atoms with Crippen LogP contribution in [0.2, 0.25) is 0 Å². The smallest absolute Gasteiger partial charge is 0.315 e. The van der Waals surface area contributed by atoms with E-state index in [-0.39, 0.29) is 42.5 Å². The number of likely N-dealkylation sites (tertiary alicyclic amines) is 1. The SMILES string of the molecule is C=CCNC(=O)C(=O)C(CC1CC1)NC(=O)[C@@H]1[C@@H]2C(CN1C(=O)[C@@H](NC(=O)NC1(CS(=O)(=O)C(C)(C)C)CCCCC1)C1(C)CCCCC1)C2(C)COCc1ccccc1. The first-order valence-electron chi connectivity index (χ1n) is 22.3.